The Kier molecular flexibility index (Phi) is 7.70. The molecule has 0 bridgehead atoms. The summed E-state index contributed by atoms with van der Waals surface area (Å²) in [5.74, 6) is 0.556. The normalized spacial score (nSPS) is 19.5. The van der Waals surface area contributed by atoms with Crippen LogP contribution in [-0.4, -0.2) is 68.2 Å². The van der Waals surface area contributed by atoms with Crippen LogP contribution in [-0.2, 0) is 27.3 Å². The van der Waals surface area contributed by atoms with Gasteiger partial charge in [-0.3, -0.25) is 9.69 Å². The van der Waals surface area contributed by atoms with E-state index in [4.69, 9.17) is 9.47 Å². The van der Waals surface area contributed by atoms with E-state index in [1.165, 1.54) is 24.1 Å². The molecule has 5 rings (SSSR count). The first-order chi connectivity index (χ1) is 17.5. The second-order valence-corrected chi connectivity index (χ2v) is 10.4. The minimum absolute atomic E-state index is 0.246. The van der Waals surface area contributed by atoms with Gasteiger partial charge in [0.25, 0.3) is 5.91 Å². The highest BCUT2D eigenvalue weighted by molar-refractivity contribution is 6.36. The first-order valence-electron chi connectivity index (χ1n) is 13.1. The summed E-state index contributed by atoms with van der Waals surface area (Å²) in [7, 11) is 0. The summed E-state index contributed by atoms with van der Waals surface area (Å²) in [6.07, 6.45) is 2.14. The average molecular weight is 494 g/mol. The number of benzene rings is 2. The summed E-state index contributed by atoms with van der Waals surface area (Å²) in [5, 5.41) is 2.82. The maximum atomic E-state index is 13.9. The number of carbonyl (C=O) groups is 1. The SMILES string of the molecule is CC(C)CN(CCCN1CCOCC1)CCc1ccc2c(c1)CO/C2=C1/C(=O)Nc2ccc(F)cc21. The molecule has 0 saturated carbocycles. The monoisotopic (exact) mass is 493 g/mol. The van der Waals surface area contributed by atoms with Gasteiger partial charge in [-0.25, -0.2) is 4.39 Å². The molecule has 1 fully saturated rings. The molecule has 3 aliphatic heterocycles. The number of halogens is 1. The Morgan fingerprint density at radius 2 is 1.92 bits per heavy atom. The number of nitrogens with one attached hydrogen (secondary N) is 1. The molecular weight excluding hydrogens is 457 g/mol. The minimum Gasteiger partial charge on any atom is -0.487 e. The van der Waals surface area contributed by atoms with Crippen molar-refractivity contribution >= 4 is 22.9 Å². The largest absolute Gasteiger partial charge is 0.487 e. The molecule has 0 atom stereocenters. The standard InChI is InChI=1S/C29H36FN3O3/c1-20(2)18-33(10-3-9-32-12-14-35-15-13-32)11-8-21-4-6-24-22(16-21)19-36-28(24)27-25-17-23(30)5-7-26(25)31-29(27)34/h4-7,16-17,20H,3,8-15,18-19H2,1-2H3,(H,31,34)/b28-27+. The molecule has 3 aliphatic rings. The third kappa shape index (κ3) is 5.64. The van der Waals surface area contributed by atoms with E-state index in [-0.39, 0.29) is 11.7 Å². The Morgan fingerprint density at radius 3 is 2.72 bits per heavy atom. The zero-order chi connectivity index (χ0) is 25.1. The van der Waals surface area contributed by atoms with Gasteiger partial charge in [0.1, 0.15) is 18.2 Å². The molecule has 3 heterocycles. The molecule has 2 aromatic carbocycles. The maximum absolute atomic E-state index is 13.9. The number of fused-ring (bicyclic) bond motifs is 2. The van der Waals surface area contributed by atoms with Crippen molar-refractivity contribution in [1.29, 1.82) is 0 Å². The van der Waals surface area contributed by atoms with Crippen molar-refractivity contribution in [1.82, 2.24) is 9.80 Å². The third-order valence-electron chi connectivity index (χ3n) is 7.13. The lowest BCUT2D eigenvalue weighted by Crippen LogP contribution is -2.38. The smallest absolute Gasteiger partial charge is 0.260 e. The fraction of sp³-hybridized carbons (Fsp3) is 0.483. The lowest BCUT2D eigenvalue weighted by atomic mass is 9.98. The molecule has 0 radical (unpaired) electrons. The van der Waals surface area contributed by atoms with Gasteiger partial charge in [0.2, 0.25) is 0 Å². The van der Waals surface area contributed by atoms with Gasteiger partial charge in [0.15, 0.2) is 0 Å². The predicted molar refractivity (Wildman–Crippen MR) is 140 cm³/mol. The van der Waals surface area contributed by atoms with E-state index in [9.17, 15) is 9.18 Å². The molecule has 6 nitrogen and oxygen atoms in total. The molecule has 1 N–H and O–H groups in total. The number of ether oxygens (including phenoxy) is 2. The van der Waals surface area contributed by atoms with Crippen LogP contribution >= 0.6 is 0 Å². The Balaban J connectivity index is 1.25. The molecule has 1 amide bonds. The Labute approximate surface area is 213 Å². The van der Waals surface area contributed by atoms with E-state index < -0.39 is 0 Å². The topological polar surface area (TPSA) is 54.0 Å². The highest BCUT2D eigenvalue weighted by Gasteiger charge is 2.32. The average Bonchev–Trinajstić information content (AvgIpc) is 3.41. The minimum atomic E-state index is -0.368. The van der Waals surface area contributed by atoms with Crippen LogP contribution in [0.25, 0.3) is 11.3 Å². The number of rotatable bonds is 9. The van der Waals surface area contributed by atoms with E-state index >= 15 is 0 Å². The van der Waals surface area contributed by atoms with Gasteiger partial charge in [0, 0.05) is 48.6 Å². The van der Waals surface area contributed by atoms with Crippen LogP contribution in [0.15, 0.2) is 36.4 Å². The van der Waals surface area contributed by atoms with Crippen LogP contribution in [0.5, 0.6) is 0 Å². The van der Waals surface area contributed by atoms with Crippen molar-refractivity contribution in [2.45, 2.75) is 33.3 Å². The third-order valence-corrected chi connectivity index (χ3v) is 7.13. The van der Waals surface area contributed by atoms with Crippen LogP contribution in [0, 0.1) is 11.7 Å². The highest BCUT2D eigenvalue weighted by Crippen LogP contribution is 2.42. The predicted octanol–water partition coefficient (Wildman–Crippen LogP) is 4.40. The molecule has 192 valence electrons. The quantitative estimate of drug-likeness (QED) is 0.525. The summed E-state index contributed by atoms with van der Waals surface area (Å²) < 4.78 is 25.3. The number of nitrogens with zero attached hydrogens (tertiary/aromatic N) is 2. The van der Waals surface area contributed by atoms with Crippen LogP contribution in [0.4, 0.5) is 10.1 Å². The molecule has 7 heteroatoms. The number of morpholine rings is 1. The Morgan fingerprint density at radius 1 is 1.08 bits per heavy atom. The Bertz CT molecular complexity index is 1140. The fourth-order valence-corrected chi connectivity index (χ4v) is 5.38. The number of hydrogen-bond donors (Lipinski definition) is 1. The van der Waals surface area contributed by atoms with Gasteiger partial charge >= 0.3 is 0 Å². The highest BCUT2D eigenvalue weighted by atomic mass is 19.1. The van der Waals surface area contributed by atoms with Gasteiger partial charge in [-0.15, -0.1) is 0 Å². The van der Waals surface area contributed by atoms with Gasteiger partial charge in [0.05, 0.1) is 18.8 Å². The first-order valence-corrected chi connectivity index (χ1v) is 13.1. The van der Waals surface area contributed by atoms with E-state index in [2.05, 4.69) is 47.2 Å². The molecule has 36 heavy (non-hydrogen) atoms. The van der Waals surface area contributed by atoms with E-state index in [0.29, 0.717) is 35.1 Å². The number of anilines is 1. The molecule has 0 spiro atoms. The van der Waals surface area contributed by atoms with E-state index in [1.54, 1.807) is 6.07 Å². The van der Waals surface area contributed by atoms with Crippen molar-refractivity contribution in [3.63, 3.8) is 0 Å². The lowest BCUT2D eigenvalue weighted by molar-refractivity contribution is -0.110. The van der Waals surface area contributed by atoms with Gasteiger partial charge in [-0.05, 0) is 55.6 Å². The maximum Gasteiger partial charge on any atom is 0.260 e. The number of hydrogen-bond acceptors (Lipinski definition) is 5. The summed E-state index contributed by atoms with van der Waals surface area (Å²) >= 11 is 0. The van der Waals surface area contributed by atoms with Crippen molar-refractivity contribution in [3.8, 4) is 0 Å². The molecule has 1 saturated heterocycles. The second-order valence-electron chi connectivity index (χ2n) is 10.4. The van der Waals surface area contributed by atoms with Crippen molar-refractivity contribution in [3.05, 3.63) is 64.5 Å². The Hall–Kier alpha value is -2.74. The number of amides is 1. The second kappa shape index (κ2) is 11.1. The fourth-order valence-electron chi connectivity index (χ4n) is 5.38. The van der Waals surface area contributed by atoms with Crippen molar-refractivity contribution < 1.29 is 18.7 Å². The molecular formula is C29H36FN3O3. The van der Waals surface area contributed by atoms with Crippen molar-refractivity contribution in [2.24, 2.45) is 5.92 Å². The van der Waals surface area contributed by atoms with E-state index in [0.717, 1.165) is 70.0 Å². The summed E-state index contributed by atoms with van der Waals surface area (Å²) in [4.78, 5) is 17.8. The zero-order valence-corrected chi connectivity index (χ0v) is 21.3. The molecule has 0 aromatic heterocycles. The van der Waals surface area contributed by atoms with Gasteiger partial charge < -0.3 is 19.7 Å². The van der Waals surface area contributed by atoms with Gasteiger partial charge in [-0.1, -0.05) is 32.0 Å². The van der Waals surface area contributed by atoms with Crippen LogP contribution in [0.2, 0.25) is 0 Å². The van der Waals surface area contributed by atoms with E-state index in [1.807, 2.05) is 0 Å². The van der Waals surface area contributed by atoms with Crippen LogP contribution in [0.3, 0.4) is 0 Å². The van der Waals surface area contributed by atoms with Crippen LogP contribution in [0.1, 0.15) is 42.5 Å². The summed E-state index contributed by atoms with van der Waals surface area (Å²) in [5.41, 5.74) is 4.87. The summed E-state index contributed by atoms with van der Waals surface area (Å²) in [6.45, 7) is 13.1. The summed E-state index contributed by atoms with van der Waals surface area (Å²) in [6, 6.07) is 10.7. The van der Waals surface area contributed by atoms with Crippen molar-refractivity contribution in [2.75, 3.05) is 57.8 Å². The first kappa shape index (κ1) is 24.9. The number of carbonyl (C=O) groups excluding carboxylic acids is 1. The lowest BCUT2D eigenvalue weighted by Gasteiger charge is -2.29. The zero-order valence-electron chi connectivity index (χ0n) is 21.3. The molecule has 0 unspecified atom stereocenters. The molecule has 0 aliphatic carbocycles. The van der Waals surface area contributed by atoms with Gasteiger partial charge in [-0.2, -0.15) is 0 Å². The van der Waals surface area contributed by atoms with Crippen LogP contribution < -0.4 is 5.32 Å². The molecule has 2 aromatic rings.